The van der Waals surface area contributed by atoms with Gasteiger partial charge in [-0.2, -0.15) is 0 Å². The fourth-order valence-electron chi connectivity index (χ4n) is 2.14. The molecule has 1 aromatic heterocycles. The number of nitrogens with one attached hydrogen (secondary N) is 2. The lowest BCUT2D eigenvalue weighted by atomic mass is 10.3. The van der Waals surface area contributed by atoms with Gasteiger partial charge in [-0.05, 0) is 36.4 Å². The topological polar surface area (TPSA) is 76.1 Å². The molecule has 8 heteroatoms. The van der Waals surface area contributed by atoms with Gasteiger partial charge in [0.05, 0.1) is 17.2 Å². The van der Waals surface area contributed by atoms with Crippen molar-refractivity contribution in [3.8, 4) is 5.75 Å². The third-order valence-corrected chi connectivity index (χ3v) is 4.13. The fourth-order valence-corrected chi connectivity index (χ4v) is 2.44. The minimum atomic E-state index is -0.389. The van der Waals surface area contributed by atoms with Crippen LogP contribution >= 0.6 is 23.2 Å². The maximum absolute atomic E-state index is 12.4. The second kappa shape index (κ2) is 8.03. The molecule has 0 aliphatic rings. The number of hydrogen-bond donors (Lipinski definition) is 2. The standard InChI is InChI=1S/C18H14Cl2N4O2/c1-26-13-4-2-3-11(9-13)23-18-21-8-7-16(24-18)17(25)22-12-5-6-14(19)15(20)10-12/h2-10H,1H3,(H,22,25)(H,21,23,24). The molecule has 3 aromatic rings. The summed E-state index contributed by atoms with van der Waals surface area (Å²) in [5.41, 5.74) is 1.47. The van der Waals surface area contributed by atoms with Crippen molar-refractivity contribution in [3.05, 3.63) is 70.5 Å². The highest BCUT2D eigenvalue weighted by atomic mass is 35.5. The smallest absolute Gasteiger partial charge is 0.274 e. The minimum Gasteiger partial charge on any atom is -0.497 e. The summed E-state index contributed by atoms with van der Waals surface area (Å²) >= 11 is 11.8. The zero-order chi connectivity index (χ0) is 18.5. The van der Waals surface area contributed by atoms with Crippen LogP contribution in [0.15, 0.2) is 54.7 Å². The summed E-state index contributed by atoms with van der Waals surface area (Å²) < 4.78 is 5.17. The van der Waals surface area contributed by atoms with E-state index in [1.807, 2.05) is 18.2 Å². The number of rotatable bonds is 5. The van der Waals surface area contributed by atoms with Crippen LogP contribution in [-0.2, 0) is 0 Å². The molecule has 26 heavy (non-hydrogen) atoms. The summed E-state index contributed by atoms with van der Waals surface area (Å²) in [7, 11) is 1.59. The Morgan fingerprint density at radius 1 is 1.04 bits per heavy atom. The summed E-state index contributed by atoms with van der Waals surface area (Å²) in [5, 5.41) is 6.52. The van der Waals surface area contributed by atoms with Crippen LogP contribution in [0.25, 0.3) is 0 Å². The molecule has 3 rings (SSSR count). The summed E-state index contributed by atoms with van der Waals surface area (Å²) in [6.07, 6.45) is 1.50. The van der Waals surface area contributed by atoms with E-state index in [1.54, 1.807) is 31.4 Å². The predicted molar refractivity (Wildman–Crippen MR) is 103 cm³/mol. The Morgan fingerprint density at radius 2 is 1.88 bits per heavy atom. The molecule has 0 aliphatic heterocycles. The Hall–Kier alpha value is -2.83. The Bertz CT molecular complexity index is 950. The Kier molecular flexibility index (Phi) is 5.55. The lowest BCUT2D eigenvalue weighted by Gasteiger charge is -2.09. The molecule has 0 saturated carbocycles. The van der Waals surface area contributed by atoms with Gasteiger partial charge in [-0.1, -0.05) is 29.3 Å². The number of benzene rings is 2. The van der Waals surface area contributed by atoms with E-state index in [0.29, 0.717) is 27.4 Å². The Labute approximate surface area is 160 Å². The van der Waals surface area contributed by atoms with Gasteiger partial charge in [-0.15, -0.1) is 0 Å². The number of hydrogen-bond acceptors (Lipinski definition) is 5. The monoisotopic (exact) mass is 388 g/mol. The molecule has 0 bridgehead atoms. The van der Waals surface area contributed by atoms with Crippen molar-refractivity contribution in [2.75, 3.05) is 17.7 Å². The molecule has 2 N–H and O–H groups in total. The van der Waals surface area contributed by atoms with Gasteiger partial charge in [0.25, 0.3) is 5.91 Å². The Morgan fingerprint density at radius 3 is 2.65 bits per heavy atom. The van der Waals surface area contributed by atoms with Crippen LogP contribution in [0.5, 0.6) is 5.75 Å². The van der Waals surface area contributed by atoms with Crippen LogP contribution in [0.2, 0.25) is 10.0 Å². The first kappa shape index (κ1) is 18.0. The minimum absolute atomic E-state index is 0.205. The third kappa shape index (κ3) is 4.41. The van der Waals surface area contributed by atoms with Gasteiger partial charge in [0.1, 0.15) is 11.4 Å². The summed E-state index contributed by atoms with van der Waals surface area (Å²) in [6.45, 7) is 0. The van der Waals surface area contributed by atoms with Crippen molar-refractivity contribution in [2.24, 2.45) is 0 Å². The van der Waals surface area contributed by atoms with E-state index in [-0.39, 0.29) is 11.6 Å². The highest BCUT2D eigenvalue weighted by Crippen LogP contribution is 2.25. The summed E-state index contributed by atoms with van der Waals surface area (Å²) in [6, 6.07) is 13.6. The molecule has 0 unspecified atom stereocenters. The number of carbonyl (C=O) groups is 1. The van der Waals surface area contributed by atoms with Crippen molar-refractivity contribution < 1.29 is 9.53 Å². The van der Waals surface area contributed by atoms with E-state index in [2.05, 4.69) is 20.6 Å². The van der Waals surface area contributed by atoms with Gasteiger partial charge < -0.3 is 15.4 Å². The second-order valence-corrected chi connectivity index (χ2v) is 6.02. The number of halogens is 2. The van der Waals surface area contributed by atoms with Crippen molar-refractivity contribution in [3.63, 3.8) is 0 Å². The van der Waals surface area contributed by atoms with Gasteiger partial charge in [0, 0.05) is 23.6 Å². The molecule has 0 spiro atoms. The van der Waals surface area contributed by atoms with Gasteiger partial charge in [-0.3, -0.25) is 4.79 Å². The summed E-state index contributed by atoms with van der Waals surface area (Å²) in [4.78, 5) is 20.7. The largest absolute Gasteiger partial charge is 0.497 e. The van der Waals surface area contributed by atoms with Gasteiger partial charge in [0.15, 0.2) is 0 Å². The highest BCUT2D eigenvalue weighted by Gasteiger charge is 2.10. The number of nitrogens with zero attached hydrogens (tertiary/aromatic N) is 2. The molecule has 2 aromatic carbocycles. The van der Waals surface area contributed by atoms with E-state index in [4.69, 9.17) is 27.9 Å². The van der Waals surface area contributed by atoms with Crippen LogP contribution in [0.1, 0.15) is 10.5 Å². The van der Waals surface area contributed by atoms with Crippen molar-refractivity contribution in [1.29, 1.82) is 0 Å². The van der Waals surface area contributed by atoms with Crippen LogP contribution in [-0.4, -0.2) is 23.0 Å². The second-order valence-electron chi connectivity index (χ2n) is 5.21. The van der Waals surface area contributed by atoms with Crippen LogP contribution in [0, 0.1) is 0 Å². The van der Waals surface area contributed by atoms with Gasteiger partial charge >= 0.3 is 0 Å². The van der Waals surface area contributed by atoms with Crippen molar-refractivity contribution in [2.45, 2.75) is 0 Å². The van der Waals surface area contributed by atoms with Gasteiger partial charge in [-0.25, -0.2) is 9.97 Å². The van der Waals surface area contributed by atoms with Crippen LogP contribution in [0.3, 0.4) is 0 Å². The van der Waals surface area contributed by atoms with E-state index < -0.39 is 0 Å². The predicted octanol–water partition coefficient (Wildman–Crippen LogP) is 4.79. The molecular formula is C18H14Cl2N4O2. The normalized spacial score (nSPS) is 10.3. The van der Waals surface area contributed by atoms with E-state index in [1.165, 1.54) is 12.3 Å². The first-order valence-electron chi connectivity index (χ1n) is 7.55. The highest BCUT2D eigenvalue weighted by molar-refractivity contribution is 6.42. The van der Waals surface area contributed by atoms with Crippen LogP contribution < -0.4 is 15.4 Å². The number of methoxy groups -OCH3 is 1. The average molecular weight is 389 g/mol. The quantitative estimate of drug-likeness (QED) is 0.656. The molecule has 132 valence electrons. The summed E-state index contributed by atoms with van der Waals surface area (Å²) in [5.74, 6) is 0.600. The molecule has 0 atom stereocenters. The first-order valence-corrected chi connectivity index (χ1v) is 8.31. The molecule has 0 aliphatic carbocycles. The average Bonchev–Trinajstić information content (AvgIpc) is 2.65. The molecule has 0 fully saturated rings. The first-order chi connectivity index (χ1) is 12.5. The van der Waals surface area contributed by atoms with E-state index >= 15 is 0 Å². The zero-order valence-electron chi connectivity index (χ0n) is 13.7. The molecular weight excluding hydrogens is 375 g/mol. The van der Waals surface area contributed by atoms with Crippen molar-refractivity contribution in [1.82, 2.24) is 9.97 Å². The number of aromatic nitrogens is 2. The lowest BCUT2D eigenvalue weighted by molar-refractivity contribution is 0.102. The lowest BCUT2D eigenvalue weighted by Crippen LogP contribution is -2.14. The Balaban J connectivity index is 1.75. The molecule has 0 saturated heterocycles. The van der Waals surface area contributed by atoms with Gasteiger partial charge in [0.2, 0.25) is 5.95 Å². The maximum Gasteiger partial charge on any atom is 0.274 e. The van der Waals surface area contributed by atoms with Crippen molar-refractivity contribution >= 4 is 46.4 Å². The number of carbonyl (C=O) groups excluding carboxylic acids is 1. The van der Waals surface area contributed by atoms with Crippen LogP contribution in [0.4, 0.5) is 17.3 Å². The fraction of sp³-hybridized carbons (Fsp3) is 0.0556. The zero-order valence-corrected chi connectivity index (χ0v) is 15.2. The molecule has 1 amide bonds. The maximum atomic E-state index is 12.4. The number of ether oxygens (including phenoxy) is 1. The third-order valence-electron chi connectivity index (χ3n) is 3.39. The van der Waals surface area contributed by atoms with E-state index in [9.17, 15) is 4.79 Å². The SMILES string of the molecule is COc1cccc(Nc2nccc(C(=O)Nc3ccc(Cl)c(Cl)c3)n2)c1. The number of amides is 1. The molecule has 6 nitrogen and oxygen atoms in total. The molecule has 0 radical (unpaired) electrons. The molecule has 1 heterocycles. The number of anilines is 3. The van der Waals surface area contributed by atoms with E-state index in [0.717, 1.165) is 5.69 Å².